The molecule has 0 aromatic heterocycles. The highest BCUT2D eigenvalue weighted by molar-refractivity contribution is 8.14. The molecular weight excluding hydrogens is 621 g/mol. The van der Waals surface area contributed by atoms with E-state index >= 15 is 0 Å². The number of hydrogen-bond acceptors (Lipinski definition) is 7. The first-order valence-electron chi connectivity index (χ1n) is 17.6. The van der Waals surface area contributed by atoms with E-state index in [2.05, 4.69) is 41.5 Å². The Bertz CT molecular complexity index is 1600. The Labute approximate surface area is 291 Å². The van der Waals surface area contributed by atoms with E-state index in [4.69, 9.17) is 9.47 Å². The molecule has 3 aliphatic rings. The van der Waals surface area contributed by atoms with Crippen molar-refractivity contribution in [2.75, 3.05) is 0 Å². The Balaban J connectivity index is 1.55. The van der Waals surface area contributed by atoms with Gasteiger partial charge in [-0.05, 0) is 115 Å². The molecule has 7 heteroatoms. The zero-order chi connectivity index (χ0) is 35.3. The third kappa shape index (κ3) is 7.04. The highest BCUT2D eigenvalue weighted by Gasteiger charge is 2.64. The van der Waals surface area contributed by atoms with E-state index in [0.717, 1.165) is 62.5 Å². The molecule has 0 spiro atoms. The lowest BCUT2D eigenvalue weighted by Gasteiger charge is -2.68. The van der Waals surface area contributed by atoms with Crippen LogP contribution in [0.4, 0.5) is 0 Å². The second-order valence-corrected chi connectivity index (χ2v) is 18.2. The van der Waals surface area contributed by atoms with Gasteiger partial charge in [0.05, 0.1) is 0 Å². The number of ketones is 1. The highest BCUT2D eigenvalue weighted by Crippen LogP contribution is 2.73. The summed E-state index contributed by atoms with van der Waals surface area (Å²) >= 11 is 1.36. The van der Waals surface area contributed by atoms with Crippen molar-refractivity contribution in [2.24, 2.45) is 27.6 Å². The van der Waals surface area contributed by atoms with Crippen molar-refractivity contribution in [1.82, 2.24) is 0 Å². The molecule has 2 aromatic rings. The normalized spacial score (nSPS) is 31.1. The maximum Gasteiger partial charge on any atom is 0.308 e. The van der Waals surface area contributed by atoms with Crippen LogP contribution in [-0.4, -0.2) is 22.8 Å². The van der Waals surface area contributed by atoms with Crippen molar-refractivity contribution in [3.05, 3.63) is 59.2 Å². The van der Waals surface area contributed by atoms with Crippen LogP contribution in [0.5, 0.6) is 11.5 Å². The Morgan fingerprint density at radius 3 is 2.08 bits per heavy atom. The van der Waals surface area contributed by atoms with Gasteiger partial charge in [-0.1, -0.05) is 83.6 Å². The largest absolute Gasteiger partial charge is 0.423 e. The Morgan fingerprint density at radius 2 is 1.48 bits per heavy atom. The smallest absolute Gasteiger partial charge is 0.308 e. The van der Waals surface area contributed by atoms with Gasteiger partial charge in [-0.2, -0.15) is 0 Å². The number of benzene rings is 2. The van der Waals surface area contributed by atoms with Gasteiger partial charge in [0.25, 0.3) is 0 Å². The van der Waals surface area contributed by atoms with Crippen molar-refractivity contribution in [3.63, 3.8) is 0 Å². The minimum absolute atomic E-state index is 0.00490. The summed E-state index contributed by atoms with van der Waals surface area (Å²) in [6.45, 7) is 18.7. The van der Waals surface area contributed by atoms with Crippen molar-refractivity contribution in [2.45, 2.75) is 131 Å². The summed E-state index contributed by atoms with van der Waals surface area (Å²) in [6.07, 6.45) is 8.98. The van der Waals surface area contributed by atoms with Gasteiger partial charge in [-0.15, -0.1) is 0 Å². The molecule has 0 aliphatic heterocycles. The molecule has 2 aromatic carbocycles. The summed E-state index contributed by atoms with van der Waals surface area (Å²) in [5.74, 6) is 0.0211. The topological polar surface area (TPSA) is 86.7 Å². The fourth-order valence-corrected chi connectivity index (χ4v) is 11.1. The number of ether oxygens (including phenoxy) is 2. The van der Waals surface area contributed by atoms with Gasteiger partial charge in [-0.3, -0.25) is 14.4 Å². The van der Waals surface area contributed by atoms with Crippen molar-refractivity contribution >= 4 is 34.6 Å². The van der Waals surface area contributed by atoms with E-state index in [1.165, 1.54) is 25.6 Å². The van der Waals surface area contributed by atoms with Crippen LogP contribution in [0.15, 0.2) is 42.5 Å². The lowest BCUT2D eigenvalue weighted by molar-refractivity contribution is -0.150. The maximum atomic E-state index is 13.8. The summed E-state index contributed by atoms with van der Waals surface area (Å²) in [6, 6.07) is 13.2. The first-order chi connectivity index (χ1) is 22.3. The summed E-state index contributed by atoms with van der Waals surface area (Å²) in [5.41, 5.74) is 2.81. The second-order valence-electron chi connectivity index (χ2n) is 17.0. The van der Waals surface area contributed by atoms with Crippen LogP contribution in [0.1, 0.15) is 147 Å². The minimum atomic E-state index is -0.497. The van der Waals surface area contributed by atoms with Crippen LogP contribution in [-0.2, 0) is 19.8 Å². The van der Waals surface area contributed by atoms with E-state index < -0.39 is 11.9 Å². The molecule has 0 bridgehead atoms. The number of carbonyl (C=O) groups excluding carboxylic acids is 4. The molecule has 0 radical (unpaired) electrons. The molecule has 2 unspecified atom stereocenters. The van der Waals surface area contributed by atoms with Gasteiger partial charge in [0, 0.05) is 31.1 Å². The van der Waals surface area contributed by atoms with Crippen LogP contribution >= 0.6 is 11.8 Å². The number of thioether (sulfide) groups is 1. The van der Waals surface area contributed by atoms with Gasteiger partial charge >= 0.3 is 11.9 Å². The maximum absolute atomic E-state index is 13.8. The van der Waals surface area contributed by atoms with E-state index in [0.29, 0.717) is 12.0 Å². The molecule has 2 fully saturated rings. The summed E-state index contributed by atoms with van der Waals surface area (Å²) in [5, 5.41) is -0.146. The molecule has 0 amide bonds. The minimum Gasteiger partial charge on any atom is -0.423 e. The fraction of sp³-hybridized carbons (Fsp3) is 0.610. The van der Waals surface area contributed by atoms with Crippen LogP contribution in [0, 0.1) is 27.6 Å². The van der Waals surface area contributed by atoms with Gasteiger partial charge in [0.2, 0.25) is 5.12 Å². The molecule has 48 heavy (non-hydrogen) atoms. The van der Waals surface area contributed by atoms with Crippen molar-refractivity contribution < 1.29 is 28.7 Å². The van der Waals surface area contributed by atoms with Gasteiger partial charge in [0.1, 0.15) is 5.78 Å². The van der Waals surface area contributed by atoms with E-state index in [1.807, 2.05) is 42.5 Å². The molecule has 6 nitrogen and oxygen atoms in total. The number of rotatable bonds is 9. The molecule has 0 heterocycles. The quantitative estimate of drug-likeness (QED) is 0.193. The second kappa shape index (κ2) is 13.1. The summed E-state index contributed by atoms with van der Waals surface area (Å²) < 4.78 is 11.3. The van der Waals surface area contributed by atoms with Gasteiger partial charge in [-0.25, -0.2) is 0 Å². The fourth-order valence-electron chi connectivity index (χ4n) is 9.97. The predicted octanol–water partition coefficient (Wildman–Crippen LogP) is 10.2. The average molecular weight is 675 g/mol. The third-order valence-corrected chi connectivity index (χ3v) is 13.8. The lowest BCUT2D eigenvalue weighted by atomic mass is 9.37. The standard InChI is InChI=1S/C41H54O6S/c1-26(42)24-37(4,5)15-16-38(6)17-20-41(9)35-23-34(48-36(45)29-13-11-10-12-14-29)30-21-32(46-27(2)43)33(47-28(3)44)22-31(30)40(35,8)19-18-39(41,7)25-38/h10-14,21-22,34-35H,15-20,23-25H2,1-9H3/t34?,35?,38-,39+,40+,41-/m1/s1. The van der Waals surface area contributed by atoms with E-state index in [-0.39, 0.29) is 60.6 Å². The number of esters is 2. The number of carbonyl (C=O) groups is 4. The highest BCUT2D eigenvalue weighted by atomic mass is 32.2. The van der Waals surface area contributed by atoms with Crippen LogP contribution < -0.4 is 9.47 Å². The number of Topliss-reactive ketones (excluding diaryl/α,β-unsaturated/α-hetero) is 1. The van der Waals surface area contributed by atoms with Crippen LogP contribution in [0.3, 0.4) is 0 Å². The molecule has 0 N–H and O–H groups in total. The number of fused-ring (bicyclic) bond motifs is 5. The van der Waals surface area contributed by atoms with E-state index in [1.54, 1.807) is 6.92 Å². The summed E-state index contributed by atoms with van der Waals surface area (Å²) in [7, 11) is 0. The zero-order valence-electron chi connectivity index (χ0n) is 30.4. The lowest BCUT2D eigenvalue weighted by Crippen LogP contribution is -2.60. The summed E-state index contributed by atoms with van der Waals surface area (Å²) in [4.78, 5) is 50.1. The predicted molar refractivity (Wildman–Crippen MR) is 191 cm³/mol. The SMILES string of the molecule is CC(=O)CC(C)(C)CC[C@]1(C)CC[C@]2(C)C3CC(SC(=O)c4ccccc4)c4cc(OC(C)=O)c(OC(C)=O)cc4[C@]3(C)CC[C@@]2(C)C1. The van der Waals surface area contributed by atoms with Gasteiger partial charge < -0.3 is 14.3 Å². The molecule has 3 aliphatic carbocycles. The van der Waals surface area contributed by atoms with Crippen LogP contribution in [0.2, 0.25) is 0 Å². The Kier molecular flexibility index (Phi) is 9.90. The Hall–Kier alpha value is -2.93. The monoisotopic (exact) mass is 674 g/mol. The van der Waals surface area contributed by atoms with Gasteiger partial charge in [0.15, 0.2) is 11.5 Å². The first kappa shape index (κ1) is 36.4. The van der Waals surface area contributed by atoms with Crippen molar-refractivity contribution in [1.29, 1.82) is 0 Å². The van der Waals surface area contributed by atoms with Crippen molar-refractivity contribution in [3.8, 4) is 11.5 Å². The van der Waals surface area contributed by atoms with Crippen LogP contribution in [0.25, 0.3) is 0 Å². The molecule has 2 saturated carbocycles. The average Bonchev–Trinajstić information content (AvgIpc) is 2.98. The zero-order valence-corrected chi connectivity index (χ0v) is 31.2. The number of hydrogen-bond donors (Lipinski definition) is 0. The molecule has 6 atom stereocenters. The molecule has 0 saturated heterocycles. The van der Waals surface area contributed by atoms with E-state index in [9.17, 15) is 19.2 Å². The third-order valence-electron chi connectivity index (χ3n) is 12.6. The Morgan fingerprint density at radius 1 is 0.854 bits per heavy atom. The first-order valence-corrected chi connectivity index (χ1v) is 18.5. The molecular formula is C41H54O6S. The molecule has 260 valence electrons. The molecule has 5 rings (SSSR count).